The van der Waals surface area contributed by atoms with E-state index in [1.54, 1.807) is 22.6 Å². The van der Waals surface area contributed by atoms with Crippen molar-refractivity contribution in [1.82, 2.24) is 4.98 Å². The number of aromatic nitrogens is 1. The Bertz CT molecular complexity index is 295. The molecule has 1 rings (SSSR count). The molecule has 13 heavy (non-hydrogen) atoms. The molecule has 0 unspecified atom stereocenters. The molecule has 0 radical (unpaired) electrons. The van der Waals surface area contributed by atoms with Crippen molar-refractivity contribution in [3.05, 3.63) is 21.7 Å². The summed E-state index contributed by atoms with van der Waals surface area (Å²) in [7, 11) is 0. The fourth-order valence-corrected chi connectivity index (χ4v) is 1.03. The molecule has 0 aliphatic heterocycles. The molecular weight excluding hydrogens is 298 g/mol. The summed E-state index contributed by atoms with van der Waals surface area (Å²) in [5.41, 5.74) is 0. The molecule has 1 heterocycles. The molecule has 0 spiro atoms. The van der Waals surface area contributed by atoms with E-state index in [0.717, 1.165) is 6.20 Å². The largest absolute Gasteiger partial charge is 0.472 e. The van der Waals surface area contributed by atoms with Gasteiger partial charge in [0.25, 0.3) is 6.43 Å². The van der Waals surface area contributed by atoms with Gasteiger partial charge in [0, 0.05) is 6.07 Å². The predicted molar refractivity (Wildman–Crippen MR) is 48.4 cm³/mol. The summed E-state index contributed by atoms with van der Waals surface area (Å²) in [6.07, 6.45) is -1.62. The second-order valence-electron chi connectivity index (χ2n) is 2.14. The van der Waals surface area contributed by atoms with Crippen molar-refractivity contribution in [2.24, 2.45) is 0 Å². The maximum atomic E-state index is 12.6. The van der Waals surface area contributed by atoms with Gasteiger partial charge in [-0.1, -0.05) is 0 Å². The first-order valence-electron chi connectivity index (χ1n) is 3.31. The summed E-state index contributed by atoms with van der Waals surface area (Å²) in [5, 5.41) is 0. The van der Waals surface area contributed by atoms with Crippen LogP contribution in [-0.2, 0) is 0 Å². The van der Waals surface area contributed by atoms with E-state index in [1.807, 2.05) is 0 Å². The minimum atomic E-state index is -2.55. The summed E-state index contributed by atoms with van der Waals surface area (Å²) >= 11 is 1.72. The van der Waals surface area contributed by atoms with Crippen molar-refractivity contribution in [2.75, 3.05) is 6.61 Å². The second-order valence-corrected chi connectivity index (χ2v) is 3.30. The molecule has 0 aliphatic rings. The first-order chi connectivity index (χ1) is 6.09. The van der Waals surface area contributed by atoms with E-state index in [9.17, 15) is 13.2 Å². The molecule has 6 heteroatoms. The van der Waals surface area contributed by atoms with Gasteiger partial charge >= 0.3 is 0 Å². The number of halogens is 4. The number of ether oxygens (including phenoxy) is 1. The van der Waals surface area contributed by atoms with Crippen LogP contribution in [0.2, 0.25) is 0 Å². The van der Waals surface area contributed by atoms with Crippen LogP contribution >= 0.6 is 22.6 Å². The summed E-state index contributed by atoms with van der Waals surface area (Å²) in [6.45, 7) is -0.727. The van der Waals surface area contributed by atoms with Crippen molar-refractivity contribution in [2.45, 2.75) is 6.43 Å². The minimum Gasteiger partial charge on any atom is -0.472 e. The number of pyridine rings is 1. The predicted octanol–water partition coefficient (Wildman–Crippen LogP) is 2.47. The quantitative estimate of drug-likeness (QED) is 0.800. The third kappa shape index (κ3) is 3.37. The van der Waals surface area contributed by atoms with Crippen LogP contribution in [-0.4, -0.2) is 18.0 Å². The van der Waals surface area contributed by atoms with Crippen LogP contribution in [0, 0.1) is 9.39 Å². The van der Waals surface area contributed by atoms with Gasteiger partial charge in [-0.2, -0.15) is 0 Å². The summed E-state index contributed by atoms with van der Waals surface area (Å²) in [5.74, 6) is -0.490. The number of nitrogens with zero attached hydrogens (tertiary/aromatic N) is 1. The SMILES string of the molecule is Fc1cnc(OCC(F)F)cc1I. The van der Waals surface area contributed by atoms with Crippen molar-refractivity contribution >= 4 is 22.6 Å². The van der Waals surface area contributed by atoms with Gasteiger partial charge in [-0.15, -0.1) is 0 Å². The van der Waals surface area contributed by atoms with E-state index in [0.29, 0.717) is 0 Å². The Morgan fingerprint density at radius 1 is 1.54 bits per heavy atom. The number of alkyl halides is 2. The molecule has 0 saturated carbocycles. The lowest BCUT2D eigenvalue weighted by molar-refractivity contribution is 0.0795. The van der Waals surface area contributed by atoms with Gasteiger partial charge in [0.1, 0.15) is 0 Å². The Labute approximate surface area is 86.3 Å². The highest BCUT2D eigenvalue weighted by atomic mass is 127. The zero-order valence-electron chi connectivity index (χ0n) is 6.31. The third-order valence-electron chi connectivity index (χ3n) is 1.14. The average molecular weight is 303 g/mol. The Hall–Kier alpha value is -0.530. The van der Waals surface area contributed by atoms with Gasteiger partial charge < -0.3 is 4.74 Å². The number of rotatable bonds is 3. The van der Waals surface area contributed by atoms with Crippen LogP contribution in [0.4, 0.5) is 13.2 Å². The lowest BCUT2D eigenvalue weighted by Crippen LogP contribution is -2.08. The van der Waals surface area contributed by atoms with Gasteiger partial charge in [-0.3, -0.25) is 0 Å². The fourth-order valence-electron chi connectivity index (χ4n) is 0.624. The van der Waals surface area contributed by atoms with Crippen LogP contribution in [0.1, 0.15) is 0 Å². The normalized spacial score (nSPS) is 10.5. The Morgan fingerprint density at radius 3 is 2.77 bits per heavy atom. The molecule has 2 nitrogen and oxygen atoms in total. The van der Waals surface area contributed by atoms with Crippen LogP contribution in [0.5, 0.6) is 5.88 Å². The molecule has 0 aliphatic carbocycles. The highest BCUT2D eigenvalue weighted by Crippen LogP contribution is 2.15. The monoisotopic (exact) mass is 303 g/mol. The maximum absolute atomic E-state index is 12.6. The topological polar surface area (TPSA) is 22.1 Å². The smallest absolute Gasteiger partial charge is 0.272 e. The average Bonchev–Trinajstić information content (AvgIpc) is 2.07. The standard InChI is InChI=1S/C7H5F3INO/c8-4-2-12-7(1-5(4)11)13-3-6(9)10/h1-2,6H,3H2. The Balaban J connectivity index is 2.63. The Morgan fingerprint density at radius 2 is 2.23 bits per heavy atom. The van der Waals surface area contributed by atoms with Gasteiger partial charge in [-0.05, 0) is 22.6 Å². The maximum Gasteiger partial charge on any atom is 0.272 e. The first kappa shape index (κ1) is 10.6. The van der Waals surface area contributed by atoms with Crippen molar-refractivity contribution < 1.29 is 17.9 Å². The van der Waals surface area contributed by atoms with Crippen molar-refractivity contribution in [1.29, 1.82) is 0 Å². The van der Waals surface area contributed by atoms with Crippen LogP contribution in [0.25, 0.3) is 0 Å². The van der Waals surface area contributed by atoms with Crippen LogP contribution in [0.15, 0.2) is 12.3 Å². The van der Waals surface area contributed by atoms with E-state index in [4.69, 9.17) is 0 Å². The molecule has 0 saturated heterocycles. The Kier molecular flexibility index (Phi) is 3.76. The highest BCUT2D eigenvalue weighted by Gasteiger charge is 2.06. The van der Waals surface area contributed by atoms with Crippen LogP contribution in [0.3, 0.4) is 0 Å². The van der Waals surface area contributed by atoms with Gasteiger partial charge in [0.15, 0.2) is 12.4 Å². The molecule has 1 aromatic rings. The van der Waals surface area contributed by atoms with Crippen molar-refractivity contribution in [3.63, 3.8) is 0 Å². The highest BCUT2D eigenvalue weighted by molar-refractivity contribution is 14.1. The lowest BCUT2D eigenvalue weighted by atomic mass is 10.5. The minimum absolute atomic E-state index is 0.00565. The van der Waals surface area contributed by atoms with Gasteiger partial charge in [0.05, 0.1) is 9.77 Å². The van der Waals surface area contributed by atoms with Crippen LogP contribution < -0.4 is 4.74 Å². The van der Waals surface area contributed by atoms with Gasteiger partial charge in [0.2, 0.25) is 5.88 Å². The van der Waals surface area contributed by atoms with E-state index in [-0.39, 0.29) is 9.45 Å². The molecule has 0 N–H and O–H groups in total. The molecule has 1 aromatic heterocycles. The van der Waals surface area contributed by atoms with E-state index in [2.05, 4.69) is 9.72 Å². The first-order valence-corrected chi connectivity index (χ1v) is 4.39. The van der Waals surface area contributed by atoms with E-state index in [1.165, 1.54) is 6.07 Å². The molecule has 0 atom stereocenters. The van der Waals surface area contributed by atoms with Crippen molar-refractivity contribution in [3.8, 4) is 5.88 Å². The zero-order valence-corrected chi connectivity index (χ0v) is 8.46. The lowest BCUT2D eigenvalue weighted by Gasteiger charge is -2.04. The summed E-state index contributed by atoms with van der Waals surface area (Å²) in [6, 6.07) is 1.26. The second kappa shape index (κ2) is 4.64. The van der Waals surface area contributed by atoms with E-state index < -0.39 is 18.8 Å². The molecule has 72 valence electrons. The number of hydrogen-bond acceptors (Lipinski definition) is 2. The molecular formula is C7H5F3INO. The van der Waals surface area contributed by atoms with Gasteiger partial charge in [-0.25, -0.2) is 18.2 Å². The molecule has 0 bridgehead atoms. The molecule has 0 amide bonds. The molecule has 0 aromatic carbocycles. The number of hydrogen-bond donors (Lipinski definition) is 0. The summed E-state index contributed by atoms with van der Waals surface area (Å²) < 4.78 is 40.8. The van der Waals surface area contributed by atoms with E-state index >= 15 is 0 Å². The summed E-state index contributed by atoms with van der Waals surface area (Å²) in [4.78, 5) is 3.48. The molecule has 0 fully saturated rings. The zero-order chi connectivity index (χ0) is 9.84. The fraction of sp³-hybridized carbons (Fsp3) is 0.286. The third-order valence-corrected chi connectivity index (χ3v) is 1.97.